The Morgan fingerprint density at radius 2 is 1.87 bits per heavy atom. The van der Waals surface area contributed by atoms with Crippen LogP contribution < -0.4 is 14.2 Å². The molecule has 0 spiro atoms. The summed E-state index contributed by atoms with van der Waals surface area (Å²) in [5, 5.41) is 17.6. The van der Waals surface area contributed by atoms with Crippen LogP contribution in [0.2, 0.25) is 0 Å². The second kappa shape index (κ2) is 8.35. The van der Waals surface area contributed by atoms with Crippen LogP contribution in [0, 0.1) is 0 Å². The number of nitrogens with zero attached hydrogens (tertiary/aromatic N) is 2. The largest absolute Gasteiger partial charge is 0.494 e. The molecule has 158 valence electrons. The van der Waals surface area contributed by atoms with Gasteiger partial charge in [-0.25, -0.2) is 9.78 Å². The van der Waals surface area contributed by atoms with Crippen LogP contribution in [-0.4, -0.2) is 47.1 Å². The Labute approximate surface area is 178 Å². The lowest BCUT2D eigenvalue weighted by Crippen LogP contribution is -2.01. The van der Waals surface area contributed by atoms with E-state index in [1.165, 1.54) is 20.3 Å². The highest BCUT2D eigenvalue weighted by Gasteiger charge is 2.22. The highest BCUT2D eigenvalue weighted by Crippen LogP contribution is 2.39. The van der Waals surface area contributed by atoms with E-state index in [4.69, 9.17) is 14.2 Å². The zero-order valence-corrected chi connectivity index (χ0v) is 17.3. The molecule has 0 saturated heterocycles. The third-order valence-electron chi connectivity index (χ3n) is 4.89. The summed E-state index contributed by atoms with van der Waals surface area (Å²) in [6.07, 6.45) is 0. The predicted molar refractivity (Wildman–Crippen MR) is 116 cm³/mol. The molecule has 0 aliphatic rings. The van der Waals surface area contributed by atoms with E-state index in [2.05, 4.69) is 15.2 Å². The molecule has 2 heterocycles. The van der Waals surface area contributed by atoms with Crippen molar-refractivity contribution in [1.82, 2.24) is 15.2 Å². The van der Waals surface area contributed by atoms with Crippen LogP contribution in [0.4, 0.5) is 0 Å². The van der Waals surface area contributed by atoms with Gasteiger partial charge >= 0.3 is 5.97 Å². The minimum atomic E-state index is -1.08. The number of hydrogen-bond acceptors (Lipinski definition) is 6. The minimum Gasteiger partial charge on any atom is -0.494 e. The molecule has 0 radical (unpaired) electrons. The normalized spacial score (nSPS) is 10.8. The van der Waals surface area contributed by atoms with E-state index in [0.29, 0.717) is 46.1 Å². The first kappa shape index (κ1) is 20.2. The van der Waals surface area contributed by atoms with E-state index in [-0.39, 0.29) is 5.56 Å². The monoisotopic (exact) mass is 419 g/mol. The van der Waals surface area contributed by atoms with E-state index in [0.717, 1.165) is 11.3 Å². The standard InChI is InChI=1S/C23H21N3O5/c1-4-31-14-10-8-13(9-11-14)20-19-16(23(27)28)12-17(24-22(19)26-25-20)15-6-5-7-18(29-2)21(15)30-3/h5-12H,4H2,1-3H3,(H,27,28)(H,24,25,26). The second-order valence-electron chi connectivity index (χ2n) is 6.66. The van der Waals surface area contributed by atoms with Gasteiger partial charge in [-0.3, -0.25) is 5.10 Å². The van der Waals surface area contributed by atoms with Gasteiger partial charge in [0.25, 0.3) is 0 Å². The Bertz CT molecular complexity index is 1250. The maximum absolute atomic E-state index is 12.2. The summed E-state index contributed by atoms with van der Waals surface area (Å²) in [7, 11) is 3.06. The zero-order valence-electron chi connectivity index (χ0n) is 17.3. The van der Waals surface area contributed by atoms with Gasteiger partial charge in [0, 0.05) is 11.1 Å². The highest BCUT2D eigenvalue weighted by molar-refractivity contribution is 6.08. The van der Waals surface area contributed by atoms with Crippen molar-refractivity contribution in [2.45, 2.75) is 6.92 Å². The molecule has 0 aliphatic heterocycles. The van der Waals surface area contributed by atoms with Crippen molar-refractivity contribution in [2.24, 2.45) is 0 Å². The van der Waals surface area contributed by atoms with Gasteiger partial charge in [-0.2, -0.15) is 5.10 Å². The first-order valence-electron chi connectivity index (χ1n) is 9.64. The van der Waals surface area contributed by atoms with Gasteiger partial charge in [0.05, 0.1) is 43.2 Å². The molecule has 4 aromatic rings. The van der Waals surface area contributed by atoms with E-state index in [1.807, 2.05) is 31.2 Å². The van der Waals surface area contributed by atoms with E-state index < -0.39 is 5.97 Å². The number of hydrogen-bond donors (Lipinski definition) is 2. The van der Waals surface area contributed by atoms with Crippen LogP contribution in [0.5, 0.6) is 17.2 Å². The number of H-pyrrole nitrogens is 1. The molecular weight excluding hydrogens is 398 g/mol. The molecule has 0 aliphatic carbocycles. The second-order valence-corrected chi connectivity index (χ2v) is 6.66. The Hall–Kier alpha value is -4.07. The van der Waals surface area contributed by atoms with E-state index in [9.17, 15) is 9.90 Å². The third kappa shape index (κ3) is 3.63. The number of aromatic nitrogens is 3. The van der Waals surface area contributed by atoms with Crippen LogP contribution in [0.25, 0.3) is 33.5 Å². The van der Waals surface area contributed by atoms with Gasteiger partial charge in [0.1, 0.15) is 5.75 Å². The van der Waals surface area contributed by atoms with Crippen LogP contribution in [0.1, 0.15) is 17.3 Å². The van der Waals surface area contributed by atoms with Gasteiger partial charge in [-0.15, -0.1) is 0 Å². The smallest absolute Gasteiger partial charge is 0.336 e. The molecule has 2 aromatic carbocycles. The quantitative estimate of drug-likeness (QED) is 0.457. The summed E-state index contributed by atoms with van der Waals surface area (Å²) < 4.78 is 16.3. The molecule has 2 N–H and O–H groups in total. The van der Waals surface area contributed by atoms with Crippen molar-refractivity contribution in [3.8, 4) is 39.8 Å². The number of methoxy groups -OCH3 is 2. The number of carbonyl (C=O) groups is 1. The Balaban J connectivity index is 1.90. The Morgan fingerprint density at radius 3 is 2.52 bits per heavy atom. The number of ether oxygens (including phenoxy) is 3. The molecule has 4 rings (SSSR count). The lowest BCUT2D eigenvalue weighted by molar-refractivity contribution is 0.0699. The molecule has 8 nitrogen and oxygen atoms in total. The maximum atomic E-state index is 12.2. The first-order valence-corrected chi connectivity index (χ1v) is 9.64. The number of para-hydroxylation sites is 1. The third-order valence-corrected chi connectivity index (χ3v) is 4.89. The summed E-state index contributed by atoms with van der Waals surface area (Å²) in [5.74, 6) is 0.648. The topological polar surface area (TPSA) is 107 Å². The number of aromatic carboxylic acids is 1. The minimum absolute atomic E-state index is 0.0857. The van der Waals surface area contributed by atoms with Crippen LogP contribution in [0.15, 0.2) is 48.5 Å². The van der Waals surface area contributed by atoms with Crippen molar-refractivity contribution in [2.75, 3.05) is 20.8 Å². The number of benzene rings is 2. The zero-order chi connectivity index (χ0) is 22.0. The van der Waals surface area contributed by atoms with E-state index >= 15 is 0 Å². The number of aromatic amines is 1. The van der Waals surface area contributed by atoms with Gasteiger partial charge in [0.2, 0.25) is 0 Å². The summed E-state index contributed by atoms with van der Waals surface area (Å²) >= 11 is 0. The van der Waals surface area contributed by atoms with Crippen LogP contribution in [0.3, 0.4) is 0 Å². The Morgan fingerprint density at radius 1 is 1.10 bits per heavy atom. The number of rotatable bonds is 7. The maximum Gasteiger partial charge on any atom is 0.336 e. The molecule has 0 amide bonds. The number of carboxylic acid groups (broad SMARTS) is 1. The molecule has 8 heteroatoms. The molecule has 0 atom stereocenters. The molecule has 0 bridgehead atoms. The molecule has 0 fully saturated rings. The number of nitrogens with one attached hydrogen (secondary N) is 1. The van der Waals surface area contributed by atoms with Crippen molar-refractivity contribution in [1.29, 1.82) is 0 Å². The number of carboxylic acids is 1. The molecule has 0 saturated carbocycles. The molecule has 0 unspecified atom stereocenters. The van der Waals surface area contributed by atoms with Crippen molar-refractivity contribution >= 4 is 17.0 Å². The fourth-order valence-corrected chi connectivity index (χ4v) is 3.51. The van der Waals surface area contributed by atoms with Crippen LogP contribution in [-0.2, 0) is 0 Å². The molecular formula is C23H21N3O5. The summed E-state index contributed by atoms with van der Waals surface area (Å²) in [6, 6.07) is 14.2. The summed E-state index contributed by atoms with van der Waals surface area (Å²) in [6.45, 7) is 2.48. The number of fused-ring (bicyclic) bond motifs is 1. The summed E-state index contributed by atoms with van der Waals surface area (Å²) in [4.78, 5) is 16.8. The van der Waals surface area contributed by atoms with Crippen molar-refractivity contribution in [3.63, 3.8) is 0 Å². The van der Waals surface area contributed by atoms with Crippen molar-refractivity contribution in [3.05, 3.63) is 54.1 Å². The Kier molecular flexibility index (Phi) is 5.44. The first-order chi connectivity index (χ1) is 15.1. The highest BCUT2D eigenvalue weighted by atomic mass is 16.5. The SMILES string of the molecule is CCOc1ccc(-c2[nH]nc3nc(-c4cccc(OC)c4OC)cc(C(=O)O)c23)cc1. The van der Waals surface area contributed by atoms with Crippen LogP contribution >= 0.6 is 0 Å². The van der Waals surface area contributed by atoms with Gasteiger partial charge < -0.3 is 19.3 Å². The lowest BCUT2D eigenvalue weighted by atomic mass is 10.0. The summed E-state index contributed by atoms with van der Waals surface area (Å²) in [5.41, 5.74) is 2.77. The van der Waals surface area contributed by atoms with Gasteiger partial charge in [-0.1, -0.05) is 6.07 Å². The molecule has 31 heavy (non-hydrogen) atoms. The average Bonchev–Trinajstić information content (AvgIpc) is 3.22. The van der Waals surface area contributed by atoms with E-state index in [1.54, 1.807) is 18.2 Å². The molecule has 2 aromatic heterocycles. The fraction of sp³-hybridized carbons (Fsp3) is 0.174. The predicted octanol–water partition coefficient (Wildman–Crippen LogP) is 4.41. The van der Waals surface area contributed by atoms with Gasteiger partial charge in [-0.05, 0) is 49.4 Å². The number of pyridine rings is 1. The lowest BCUT2D eigenvalue weighted by Gasteiger charge is -2.13. The average molecular weight is 419 g/mol. The fourth-order valence-electron chi connectivity index (χ4n) is 3.51. The van der Waals surface area contributed by atoms with Crippen molar-refractivity contribution < 1.29 is 24.1 Å². The van der Waals surface area contributed by atoms with Gasteiger partial charge in [0.15, 0.2) is 17.1 Å².